The van der Waals surface area contributed by atoms with E-state index in [0.29, 0.717) is 40.2 Å². The molecule has 0 atom stereocenters. The maximum Gasteiger partial charge on any atom is 0.258 e. The molecule has 7 nitrogen and oxygen atoms in total. The predicted octanol–water partition coefficient (Wildman–Crippen LogP) is 2.91. The van der Waals surface area contributed by atoms with Crippen molar-refractivity contribution in [1.82, 2.24) is 10.1 Å². The first-order valence-corrected chi connectivity index (χ1v) is 9.26. The van der Waals surface area contributed by atoms with Gasteiger partial charge in [0.05, 0.1) is 24.8 Å². The molecule has 30 heavy (non-hydrogen) atoms. The second kappa shape index (κ2) is 10.4. The van der Waals surface area contributed by atoms with Crippen molar-refractivity contribution in [3.8, 4) is 40.4 Å². The van der Waals surface area contributed by atoms with Gasteiger partial charge in [-0.1, -0.05) is 28.6 Å². The molecule has 0 bridgehead atoms. The van der Waals surface area contributed by atoms with E-state index in [1.165, 1.54) is 0 Å². The van der Waals surface area contributed by atoms with E-state index in [0.717, 1.165) is 5.56 Å². The molecule has 0 aliphatic carbocycles. The number of nitrogens with zero attached hydrogens (tertiary/aromatic N) is 2. The summed E-state index contributed by atoms with van der Waals surface area (Å²) in [6.45, 7) is 1.54. The van der Waals surface area contributed by atoms with Crippen molar-refractivity contribution < 1.29 is 19.5 Å². The first-order chi connectivity index (χ1) is 14.0. The lowest BCUT2D eigenvalue weighted by Gasteiger charge is -2.16. The first-order valence-electron chi connectivity index (χ1n) is 8.88. The van der Waals surface area contributed by atoms with E-state index >= 15 is 0 Å². The number of rotatable bonds is 6. The van der Waals surface area contributed by atoms with Crippen molar-refractivity contribution >= 4 is 24.0 Å². The van der Waals surface area contributed by atoms with Crippen molar-refractivity contribution in [3.63, 3.8) is 0 Å². The summed E-state index contributed by atoms with van der Waals surface area (Å²) in [6, 6.07) is 12.4. The molecular formula is C21H21Cl2N3O4. The van der Waals surface area contributed by atoms with Crippen LogP contribution in [-0.4, -0.2) is 45.7 Å². The number of halogens is 2. The fraction of sp³-hybridized carbons (Fsp3) is 0.238. The van der Waals surface area contributed by atoms with Crippen LogP contribution in [0.3, 0.4) is 0 Å². The summed E-state index contributed by atoms with van der Waals surface area (Å²) in [5, 5.41) is 22.8. The lowest BCUT2D eigenvalue weighted by Crippen LogP contribution is -2.45. The second-order valence-electron chi connectivity index (χ2n) is 6.30. The Balaban J connectivity index is 0.00000320. The van der Waals surface area contributed by atoms with Crippen molar-refractivity contribution in [2.45, 2.75) is 12.5 Å². The van der Waals surface area contributed by atoms with Crippen LogP contribution in [0.2, 0.25) is 5.02 Å². The van der Waals surface area contributed by atoms with Gasteiger partial charge in [-0.25, -0.2) is 0 Å². The molecule has 3 rings (SSSR count). The minimum absolute atomic E-state index is 0. The van der Waals surface area contributed by atoms with Crippen molar-refractivity contribution in [1.29, 1.82) is 0 Å². The van der Waals surface area contributed by atoms with E-state index in [1.54, 1.807) is 42.5 Å². The third-order valence-electron chi connectivity index (χ3n) is 4.07. The van der Waals surface area contributed by atoms with Crippen LogP contribution in [0.5, 0.6) is 5.75 Å². The molecule has 0 radical (unpaired) electrons. The molecule has 1 heterocycles. The number of benzene rings is 2. The average Bonchev–Trinajstić information content (AvgIpc) is 3.24. The van der Waals surface area contributed by atoms with Crippen LogP contribution in [0.25, 0.3) is 22.8 Å². The summed E-state index contributed by atoms with van der Waals surface area (Å²) in [5.41, 5.74) is 6.51. The number of nitrogens with two attached hydrogens (primary N) is 1. The van der Waals surface area contributed by atoms with Crippen LogP contribution >= 0.6 is 24.0 Å². The van der Waals surface area contributed by atoms with E-state index in [9.17, 15) is 10.2 Å². The SMILES string of the molecule is CCOc1ccc(-c2nc(-c3ccc(C#CC(N)(CO)CO)cc3)no2)cc1Cl.Cl. The van der Waals surface area contributed by atoms with Gasteiger partial charge in [-0.3, -0.25) is 0 Å². The van der Waals surface area contributed by atoms with Crippen LogP contribution in [0, 0.1) is 11.8 Å². The normalized spacial score (nSPS) is 10.7. The number of hydrogen-bond acceptors (Lipinski definition) is 7. The van der Waals surface area contributed by atoms with Crippen molar-refractivity contribution in [3.05, 3.63) is 53.1 Å². The summed E-state index contributed by atoms with van der Waals surface area (Å²) >= 11 is 6.21. The molecule has 0 spiro atoms. The number of ether oxygens (including phenoxy) is 1. The number of aliphatic hydroxyl groups excluding tert-OH is 2. The molecule has 0 aliphatic rings. The van der Waals surface area contributed by atoms with Gasteiger partial charge in [-0.15, -0.1) is 12.4 Å². The zero-order valence-electron chi connectivity index (χ0n) is 16.1. The highest BCUT2D eigenvalue weighted by Gasteiger charge is 2.19. The van der Waals surface area contributed by atoms with Crippen LogP contribution in [0.1, 0.15) is 12.5 Å². The molecule has 0 saturated carbocycles. The highest BCUT2D eigenvalue weighted by molar-refractivity contribution is 6.32. The second-order valence-corrected chi connectivity index (χ2v) is 6.71. The fourth-order valence-corrected chi connectivity index (χ4v) is 2.63. The quantitative estimate of drug-likeness (QED) is 0.495. The van der Waals surface area contributed by atoms with Gasteiger partial charge in [0.1, 0.15) is 11.3 Å². The minimum atomic E-state index is -1.33. The average molecular weight is 450 g/mol. The summed E-state index contributed by atoms with van der Waals surface area (Å²) < 4.78 is 10.8. The minimum Gasteiger partial charge on any atom is -0.492 e. The van der Waals surface area contributed by atoms with Crippen LogP contribution in [0.15, 0.2) is 47.0 Å². The van der Waals surface area contributed by atoms with E-state index in [-0.39, 0.29) is 12.4 Å². The summed E-state index contributed by atoms with van der Waals surface area (Å²) in [6.07, 6.45) is 0. The molecule has 0 amide bonds. The van der Waals surface area contributed by atoms with Gasteiger partial charge in [0.25, 0.3) is 5.89 Å². The molecule has 1 aromatic heterocycles. The Morgan fingerprint density at radius 1 is 1.13 bits per heavy atom. The Morgan fingerprint density at radius 2 is 1.80 bits per heavy atom. The van der Waals surface area contributed by atoms with Gasteiger partial charge in [0, 0.05) is 16.7 Å². The summed E-state index contributed by atoms with van der Waals surface area (Å²) in [4.78, 5) is 4.41. The monoisotopic (exact) mass is 449 g/mol. The van der Waals surface area contributed by atoms with E-state index in [4.69, 9.17) is 26.6 Å². The Kier molecular flexibility index (Phi) is 8.24. The molecule has 0 aliphatic heterocycles. The molecule has 2 aromatic carbocycles. The maximum atomic E-state index is 9.18. The van der Waals surface area contributed by atoms with Crippen molar-refractivity contribution in [2.75, 3.05) is 19.8 Å². The van der Waals surface area contributed by atoms with Gasteiger partial charge in [-0.05, 0) is 49.4 Å². The molecule has 158 valence electrons. The molecule has 9 heteroatoms. The van der Waals surface area contributed by atoms with Gasteiger partial charge in [0.15, 0.2) is 0 Å². The van der Waals surface area contributed by atoms with Gasteiger partial charge >= 0.3 is 0 Å². The fourth-order valence-electron chi connectivity index (χ4n) is 2.39. The third kappa shape index (κ3) is 5.51. The molecule has 0 unspecified atom stereocenters. The zero-order chi connectivity index (χ0) is 20.9. The largest absolute Gasteiger partial charge is 0.492 e. The molecular weight excluding hydrogens is 429 g/mol. The van der Waals surface area contributed by atoms with Gasteiger partial charge in [0.2, 0.25) is 5.82 Å². The molecule has 4 N–H and O–H groups in total. The molecule has 0 saturated heterocycles. The van der Waals surface area contributed by atoms with Gasteiger partial charge in [-0.2, -0.15) is 4.98 Å². The Labute approximate surface area is 185 Å². The topological polar surface area (TPSA) is 115 Å². The smallest absolute Gasteiger partial charge is 0.258 e. The van der Waals surface area contributed by atoms with E-state index in [2.05, 4.69) is 22.0 Å². The molecule has 3 aromatic rings. The predicted molar refractivity (Wildman–Crippen MR) is 117 cm³/mol. The maximum absolute atomic E-state index is 9.18. The standard InChI is InChI=1S/C21H20ClN3O4.ClH/c1-2-28-18-8-7-16(11-17(18)22)20-24-19(25-29-20)15-5-3-14(4-6-15)9-10-21(23,12-26)13-27;/h3-8,11,26-27H,2,12-13,23H2,1H3;1H. The number of aromatic nitrogens is 2. The third-order valence-corrected chi connectivity index (χ3v) is 4.36. The van der Waals surface area contributed by atoms with E-state index < -0.39 is 18.8 Å². The number of hydrogen-bond donors (Lipinski definition) is 3. The van der Waals surface area contributed by atoms with Crippen LogP contribution in [-0.2, 0) is 0 Å². The van der Waals surface area contributed by atoms with Crippen LogP contribution in [0.4, 0.5) is 0 Å². The van der Waals surface area contributed by atoms with Crippen molar-refractivity contribution in [2.24, 2.45) is 5.73 Å². The lowest BCUT2D eigenvalue weighted by atomic mass is 10.0. The van der Waals surface area contributed by atoms with Crippen LogP contribution < -0.4 is 10.5 Å². The Morgan fingerprint density at radius 3 is 2.40 bits per heavy atom. The zero-order valence-corrected chi connectivity index (χ0v) is 17.7. The first kappa shape index (κ1) is 23.7. The summed E-state index contributed by atoms with van der Waals surface area (Å²) in [5.74, 6) is 6.86. The Hall–Kier alpha value is -2.60. The van der Waals surface area contributed by atoms with Gasteiger partial charge < -0.3 is 25.2 Å². The highest BCUT2D eigenvalue weighted by atomic mass is 35.5. The summed E-state index contributed by atoms with van der Waals surface area (Å²) in [7, 11) is 0. The number of aliphatic hydroxyl groups is 2. The Bertz CT molecular complexity index is 1040. The van der Waals surface area contributed by atoms with E-state index in [1.807, 2.05) is 6.92 Å². The molecule has 0 fully saturated rings. The highest BCUT2D eigenvalue weighted by Crippen LogP contribution is 2.30. The lowest BCUT2D eigenvalue weighted by molar-refractivity contribution is 0.158.